The van der Waals surface area contributed by atoms with Gasteiger partial charge in [0.25, 0.3) is 0 Å². The first kappa shape index (κ1) is 15.7. The average molecular weight is 331 g/mol. The van der Waals surface area contributed by atoms with Gasteiger partial charge >= 0.3 is 0 Å². The van der Waals surface area contributed by atoms with Crippen LogP contribution < -0.4 is 5.32 Å². The zero-order valence-electron chi connectivity index (χ0n) is 11.3. The molecule has 1 aromatic carbocycles. The van der Waals surface area contributed by atoms with Crippen molar-refractivity contribution in [2.75, 3.05) is 20.3 Å². The zero-order chi connectivity index (χ0) is 14.5. The summed E-state index contributed by atoms with van der Waals surface area (Å²) in [6.07, 6.45) is 0. The van der Waals surface area contributed by atoms with Gasteiger partial charge < -0.3 is 10.1 Å². The third-order valence-electron chi connectivity index (χ3n) is 2.76. The van der Waals surface area contributed by atoms with Crippen molar-refractivity contribution in [1.29, 1.82) is 0 Å². The van der Waals surface area contributed by atoms with Crippen LogP contribution in [0.4, 0.5) is 0 Å². The Bertz CT molecular complexity index is 554. The molecule has 3 nitrogen and oxygen atoms in total. The van der Waals surface area contributed by atoms with Crippen LogP contribution >= 0.6 is 34.5 Å². The fourth-order valence-electron chi connectivity index (χ4n) is 1.90. The van der Waals surface area contributed by atoms with E-state index in [9.17, 15) is 0 Å². The molecule has 0 aliphatic rings. The lowest BCUT2D eigenvalue weighted by Gasteiger charge is -2.17. The van der Waals surface area contributed by atoms with Gasteiger partial charge in [-0.3, -0.25) is 0 Å². The van der Waals surface area contributed by atoms with Crippen molar-refractivity contribution < 1.29 is 4.74 Å². The molecular formula is C14H16Cl2N2OS. The summed E-state index contributed by atoms with van der Waals surface area (Å²) in [5.41, 5.74) is 2.02. The number of hydrogen-bond donors (Lipinski definition) is 1. The van der Waals surface area contributed by atoms with Crippen LogP contribution in [0.1, 0.15) is 22.3 Å². The quantitative estimate of drug-likeness (QED) is 0.810. The van der Waals surface area contributed by atoms with Gasteiger partial charge in [-0.2, -0.15) is 0 Å². The van der Waals surface area contributed by atoms with E-state index in [1.54, 1.807) is 24.5 Å². The monoisotopic (exact) mass is 330 g/mol. The highest BCUT2D eigenvalue weighted by Gasteiger charge is 2.18. The fraction of sp³-hybridized carbons (Fsp3) is 0.357. The SMILES string of the molecule is COCCNC(c1cc(Cl)cc(Cl)c1)c1nc(C)cs1. The smallest absolute Gasteiger partial charge is 0.114 e. The van der Waals surface area contributed by atoms with Gasteiger partial charge in [-0.1, -0.05) is 23.2 Å². The number of thiazole rings is 1. The van der Waals surface area contributed by atoms with Gasteiger partial charge in [0.15, 0.2) is 0 Å². The highest BCUT2D eigenvalue weighted by atomic mass is 35.5. The first-order valence-corrected chi connectivity index (χ1v) is 7.84. The van der Waals surface area contributed by atoms with Gasteiger partial charge in [-0.25, -0.2) is 4.98 Å². The second-order valence-corrected chi connectivity index (χ2v) is 6.17. The van der Waals surface area contributed by atoms with E-state index in [1.165, 1.54) is 0 Å². The summed E-state index contributed by atoms with van der Waals surface area (Å²) >= 11 is 13.8. The van der Waals surface area contributed by atoms with Crippen molar-refractivity contribution in [3.8, 4) is 0 Å². The summed E-state index contributed by atoms with van der Waals surface area (Å²) in [5, 5.41) is 7.71. The number of halogens is 2. The fourth-order valence-corrected chi connectivity index (χ4v) is 3.34. The number of aryl methyl sites for hydroxylation is 1. The van der Waals surface area contributed by atoms with Crippen LogP contribution in [0.2, 0.25) is 10.0 Å². The van der Waals surface area contributed by atoms with Gasteiger partial charge in [0, 0.05) is 34.8 Å². The van der Waals surface area contributed by atoms with Crippen molar-refractivity contribution in [1.82, 2.24) is 10.3 Å². The minimum Gasteiger partial charge on any atom is -0.383 e. The summed E-state index contributed by atoms with van der Waals surface area (Å²) in [4.78, 5) is 4.55. The number of hydrogen-bond acceptors (Lipinski definition) is 4. The van der Waals surface area contributed by atoms with Crippen LogP contribution in [0.15, 0.2) is 23.6 Å². The molecule has 0 radical (unpaired) electrons. The molecule has 1 atom stereocenters. The van der Waals surface area contributed by atoms with E-state index >= 15 is 0 Å². The molecule has 0 amide bonds. The Hall–Kier alpha value is -0.650. The first-order valence-electron chi connectivity index (χ1n) is 6.20. The maximum absolute atomic E-state index is 6.09. The molecule has 1 unspecified atom stereocenters. The van der Waals surface area contributed by atoms with Crippen molar-refractivity contribution >= 4 is 34.5 Å². The standard InChI is InChI=1S/C14H16Cl2N2OS/c1-9-8-20-14(18-9)13(17-3-4-19-2)10-5-11(15)7-12(16)6-10/h5-8,13,17H,3-4H2,1-2H3. The molecule has 0 aliphatic heterocycles. The van der Waals surface area contributed by atoms with Gasteiger partial charge in [0.1, 0.15) is 5.01 Å². The van der Waals surface area contributed by atoms with E-state index in [0.717, 1.165) is 22.8 Å². The molecule has 0 spiro atoms. The zero-order valence-corrected chi connectivity index (χ0v) is 13.6. The lowest BCUT2D eigenvalue weighted by molar-refractivity contribution is 0.197. The summed E-state index contributed by atoms with van der Waals surface area (Å²) < 4.78 is 5.09. The van der Waals surface area contributed by atoms with E-state index in [1.807, 2.05) is 24.4 Å². The van der Waals surface area contributed by atoms with Crippen LogP contribution in [0.3, 0.4) is 0 Å². The van der Waals surface area contributed by atoms with E-state index < -0.39 is 0 Å². The van der Waals surface area contributed by atoms with Gasteiger partial charge in [-0.05, 0) is 30.7 Å². The third-order valence-corrected chi connectivity index (χ3v) is 4.22. The van der Waals surface area contributed by atoms with Crippen molar-refractivity contribution in [2.45, 2.75) is 13.0 Å². The molecular weight excluding hydrogens is 315 g/mol. The minimum atomic E-state index is -0.0277. The predicted molar refractivity (Wildman–Crippen MR) is 85.0 cm³/mol. The molecule has 1 heterocycles. The highest BCUT2D eigenvalue weighted by molar-refractivity contribution is 7.09. The Morgan fingerprint density at radius 1 is 1.30 bits per heavy atom. The predicted octanol–water partition coefficient (Wildman–Crippen LogP) is 4.08. The summed E-state index contributed by atoms with van der Waals surface area (Å²) in [5.74, 6) is 0. The topological polar surface area (TPSA) is 34.1 Å². The maximum atomic E-state index is 6.09. The Morgan fingerprint density at radius 3 is 2.55 bits per heavy atom. The van der Waals surface area contributed by atoms with Crippen LogP contribution in [0.25, 0.3) is 0 Å². The van der Waals surface area contributed by atoms with Gasteiger partial charge in [0.2, 0.25) is 0 Å². The second kappa shape index (κ2) is 7.38. The molecule has 2 aromatic rings. The molecule has 108 valence electrons. The number of aromatic nitrogens is 1. The van der Waals surface area contributed by atoms with Gasteiger partial charge in [-0.15, -0.1) is 11.3 Å². The number of ether oxygens (including phenoxy) is 1. The first-order chi connectivity index (χ1) is 9.60. The molecule has 1 N–H and O–H groups in total. The molecule has 0 aliphatic carbocycles. The summed E-state index contributed by atoms with van der Waals surface area (Å²) in [6, 6.07) is 5.52. The van der Waals surface area contributed by atoms with Crippen LogP contribution in [-0.4, -0.2) is 25.2 Å². The Balaban J connectivity index is 2.29. The normalized spacial score (nSPS) is 12.6. The third kappa shape index (κ3) is 4.17. The molecule has 0 saturated heterocycles. The average Bonchev–Trinajstić information content (AvgIpc) is 2.80. The molecule has 0 fully saturated rings. The molecule has 1 aromatic heterocycles. The number of rotatable bonds is 6. The number of benzene rings is 1. The van der Waals surface area contributed by atoms with E-state index in [2.05, 4.69) is 10.3 Å². The van der Waals surface area contributed by atoms with Gasteiger partial charge in [0.05, 0.1) is 12.6 Å². The molecule has 0 bridgehead atoms. The van der Waals surface area contributed by atoms with E-state index in [0.29, 0.717) is 16.7 Å². The Labute approximate surface area is 132 Å². The molecule has 0 saturated carbocycles. The summed E-state index contributed by atoms with van der Waals surface area (Å²) in [7, 11) is 1.68. The summed E-state index contributed by atoms with van der Waals surface area (Å²) in [6.45, 7) is 3.34. The lowest BCUT2D eigenvalue weighted by Crippen LogP contribution is -2.26. The molecule has 2 rings (SSSR count). The Morgan fingerprint density at radius 2 is 2.00 bits per heavy atom. The van der Waals surface area contributed by atoms with Crippen LogP contribution in [0, 0.1) is 6.92 Å². The highest BCUT2D eigenvalue weighted by Crippen LogP contribution is 2.29. The minimum absolute atomic E-state index is 0.0277. The van der Waals surface area contributed by atoms with E-state index in [4.69, 9.17) is 27.9 Å². The number of nitrogens with one attached hydrogen (secondary N) is 1. The van der Waals surface area contributed by atoms with Crippen molar-refractivity contribution in [2.24, 2.45) is 0 Å². The van der Waals surface area contributed by atoms with E-state index in [-0.39, 0.29) is 6.04 Å². The largest absolute Gasteiger partial charge is 0.383 e. The Kier molecular flexibility index (Phi) is 5.81. The number of nitrogens with zero attached hydrogens (tertiary/aromatic N) is 1. The lowest BCUT2D eigenvalue weighted by atomic mass is 10.1. The maximum Gasteiger partial charge on any atom is 0.114 e. The van der Waals surface area contributed by atoms with Crippen molar-refractivity contribution in [3.63, 3.8) is 0 Å². The van der Waals surface area contributed by atoms with Crippen LogP contribution in [-0.2, 0) is 4.74 Å². The van der Waals surface area contributed by atoms with Crippen molar-refractivity contribution in [3.05, 3.63) is 49.9 Å². The second-order valence-electron chi connectivity index (χ2n) is 4.41. The molecule has 20 heavy (non-hydrogen) atoms. The van der Waals surface area contributed by atoms with Crippen LogP contribution in [0.5, 0.6) is 0 Å². The number of methoxy groups -OCH3 is 1. The molecule has 6 heteroatoms.